The summed E-state index contributed by atoms with van der Waals surface area (Å²) in [6, 6.07) is 0. The molecule has 0 bridgehead atoms. The Bertz CT molecular complexity index is 179. The Morgan fingerprint density at radius 1 is 1.75 bits per heavy atom. The second-order valence-corrected chi connectivity index (χ2v) is 3.96. The average molecular weight is 172 g/mol. The number of carbonyl (C=O) groups is 1. The van der Waals surface area contributed by atoms with Crippen LogP contribution < -0.4 is 0 Å². The molecule has 1 rings (SSSR count). The van der Waals surface area contributed by atoms with E-state index in [1.165, 1.54) is 0 Å². The lowest BCUT2D eigenvalue weighted by molar-refractivity contribution is -0.162. The molecular weight excluding hydrogens is 156 g/mol. The van der Waals surface area contributed by atoms with E-state index in [0.29, 0.717) is 13.2 Å². The molecule has 1 aliphatic heterocycles. The van der Waals surface area contributed by atoms with Gasteiger partial charge in [-0.3, -0.25) is 4.79 Å². The summed E-state index contributed by atoms with van der Waals surface area (Å²) in [5.41, 5.74) is 0.0159. The largest absolute Gasteiger partial charge is 0.465 e. The summed E-state index contributed by atoms with van der Waals surface area (Å²) in [5.74, 6) is -0.0671. The van der Waals surface area contributed by atoms with E-state index in [1.54, 1.807) is 7.11 Å². The van der Waals surface area contributed by atoms with Gasteiger partial charge < -0.3 is 9.47 Å². The topological polar surface area (TPSA) is 35.5 Å². The zero-order valence-corrected chi connectivity index (χ0v) is 7.92. The number of cyclic esters (lactones) is 1. The normalized spacial score (nSPS) is 36.2. The minimum atomic E-state index is -0.0800. The molecule has 0 aromatic carbocycles. The number of esters is 1. The first-order valence-electron chi connectivity index (χ1n) is 4.23. The molecule has 1 aliphatic rings. The number of hydrogen-bond acceptors (Lipinski definition) is 3. The minimum Gasteiger partial charge on any atom is -0.465 e. The molecule has 0 saturated carbocycles. The first kappa shape index (κ1) is 9.52. The fraction of sp³-hybridized carbons (Fsp3) is 0.889. The van der Waals surface area contributed by atoms with Crippen LogP contribution in [0.4, 0.5) is 0 Å². The van der Waals surface area contributed by atoms with Gasteiger partial charge in [-0.15, -0.1) is 0 Å². The van der Waals surface area contributed by atoms with Crippen LogP contribution in [0.15, 0.2) is 0 Å². The molecule has 0 radical (unpaired) electrons. The van der Waals surface area contributed by atoms with Crippen molar-refractivity contribution in [3.05, 3.63) is 0 Å². The van der Waals surface area contributed by atoms with Gasteiger partial charge in [-0.2, -0.15) is 0 Å². The fourth-order valence-electron chi connectivity index (χ4n) is 1.72. The van der Waals surface area contributed by atoms with Gasteiger partial charge in [-0.25, -0.2) is 0 Å². The summed E-state index contributed by atoms with van der Waals surface area (Å²) >= 11 is 0. The van der Waals surface area contributed by atoms with Crippen LogP contribution >= 0.6 is 0 Å². The maximum Gasteiger partial charge on any atom is 0.308 e. The zero-order chi connectivity index (χ0) is 9.19. The average Bonchev–Trinajstić information content (AvgIpc) is 1.98. The van der Waals surface area contributed by atoms with Crippen LogP contribution in [0.2, 0.25) is 0 Å². The van der Waals surface area contributed by atoms with Gasteiger partial charge in [0.25, 0.3) is 0 Å². The molecule has 0 N–H and O–H groups in total. The first-order chi connectivity index (χ1) is 5.57. The van der Waals surface area contributed by atoms with Crippen molar-refractivity contribution in [2.45, 2.75) is 20.3 Å². The summed E-state index contributed by atoms with van der Waals surface area (Å²) in [6.45, 7) is 5.13. The number of methoxy groups -OCH3 is 1. The molecular formula is C9H16O3. The lowest BCUT2D eigenvalue weighted by Crippen LogP contribution is -2.39. The SMILES string of the molecule is COCC1(C)COC(=O)C(C)C1. The van der Waals surface area contributed by atoms with E-state index in [4.69, 9.17) is 9.47 Å². The lowest BCUT2D eigenvalue weighted by Gasteiger charge is -2.34. The quantitative estimate of drug-likeness (QED) is 0.587. The zero-order valence-electron chi connectivity index (χ0n) is 7.92. The monoisotopic (exact) mass is 172 g/mol. The molecule has 2 atom stereocenters. The smallest absolute Gasteiger partial charge is 0.308 e. The van der Waals surface area contributed by atoms with Crippen LogP contribution in [0.5, 0.6) is 0 Å². The first-order valence-corrected chi connectivity index (χ1v) is 4.23. The van der Waals surface area contributed by atoms with Gasteiger partial charge in [0.1, 0.15) is 0 Å². The molecule has 0 spiro atoms. The second-order valence-electron chi connectivity index (χ2n) is 3.96. The molecule has 0 aromatic heterocycles. The highest BCUT2D eigenvalue weighted by Crippen LogP contribution is 2.31. The van der Waals surface area contributed by atoms with Crippen LogP contribution in [-0.4, -0.2) is 26.3 Å². The highest BCUT2D eigenvalue weighted by atomic mass is 16.5. The third-order valence-electron chi connectivity index (χ3n) is 2.26. The van der Waals surface area contributed by atoms with Crippen LogP contribution in [0.3, 0.4) is 0 Å². The van der Waals surface area contributed by atoms with Crippen molar-refractivity contribution in [3.8, 4) is 0 Å². The second kappa shape index (κ2) is 3.44. The molecule has 3 heteroatoms. The predicted molar refractivity (Wildman–Crippen MR) is 44.7 cm³/mol. The fourth-order valence-corrected chi connectivity index (χ4v) is 1.72. The van der Waals surface area contributed by atoms with Gasteiger partial charge in [-0.05, 0) is 6.42 Å². The molecule has 1 fully saturated rings. The summed E-state index contributed by atoms with van der Waals surface area (Å²) in [4.78, 5) is 11.0. The molecule has 1 heterocycles. The highest BCUT2D eigenvalue weighted by molar-refractivity contribution is 5.72. The molecule has 0 amide bonds. The predicted octanol–water partition coefficient (Wildman–Crippen LogP) is 1.22. The third kappa shape index (κ3) is 1.97. The molecule has 2 unspecified atom stereocenters. The van der Waals surface area contributed by atoms with Crippen molar-refractivity contribution in [2.24, 2.45) is 11.3 Å². The van der Waals surface area contributed by atoms with E-state index in [0.717, 1.165) is 6.42 Å². The summed E-state index contributed by atoms with van der Waals surface area (Å²) in [6.07, 6.45) is 0.861. The summed E-state index contributed by atoms with van der Waals surface area (Å²) in [5, 5.41) is 0. The van der Waals surface area contributed by atoms with Gasteiger partial charge in [0, 0.05) is 12.5 Å². The van der Waals surface area contributed by atoms with Gasteiger partial charge >= 0.3 is 5.97 Å². The van der Waals surface area contributed by atoms with Crippen LogP contribution in [-0.2, 0) is 14.3 Å². The van der Waals surface area contributed by atoms with Crippen molar-refractivity contribution < 1.29 is 14.3 Å². The summed E-state index contributed by atoms with van der Waals surface area (Å²) < 4.78 is 10.1. The van der Waals surface area contributed by atoms with E-state index < -0.39 is 0 Å². The Balaban J connectivity index is 2.54. The van der Waals surface area contributed by atoms with Gasteiger partial charge in [0.05, 0.1) is 19.1 Å². The van der Waals surface area contributed by atoms with Crippen molar-refractivity contribution in [1.29, 1.82) is 0 Å². The van der Waals surface area contributed by atoms with Crippen LogP contribution in [0.1, 0.15) is 20.3 Å². The molecule has 0 aromatic rings. The van der Waals surface area contributed by atoms with E-state index >= 15 is 0 Å². The maximum atomic E-state index is 11.0. The highest BCUT2D eigenvalue weighted by Gasteiger charge is 2.36. The Morgan fingerprint density at radius 2 is 2.42 bits per heavy atom. The van der Waals surface area contributed by atoms with Crippen molar-refractivity contribution in [3.63, 3.8) is 0 Å². The van der Waals surface area contributed by atoms with Gasteiger partial charge in [-0.1, -0.05) is 13.8 Å². The number of rotatable bonds is 2. The summed E-state index contributed by atoms with van der Waals surface area (Å²) in [7, 11) is 1.67. The van der Waals surface area contributed by atoms with Crippen LogP contribution in [0, 0.1) is 11.3 Å². The molecule has 70 valence electrons. The van der Waals surface area contributed by atoms with E-state index in [2.05, 4.69) is 6.92 Å². The van der Waals surface area contributed by atoms with E-state index in [-0.39, 0.29) is 17.3 Å². The van der Waals surface area contributed by atoms with Crippen molar-refractivity contribution >= 4 is 5.97 Å². The molecule has 12 heavy (non-hydrogen) atoms. The maximum absolute atomic E-state index is 11.0. The number of hydrogen-bond donors (Lipinski definition) is 0. The van der Waals surface area contributed by atoms with Crippen molar-refractivity contribution in [2.75, 3.05) is 20.3 Å². The van der Waals surface area contributed by atoms with Crippen LogP contribution in [0.25, 0.3) is 0 Å². The number of ether oxygens (including phenoxy) is 2. The Labute approximate surface area is 73.0 Å². The minimum absolute atomic E-state index is 0.0129. The van der Waals surface area contributed by atoms with E-state index in [9.17, 15) is 4.79 Å². The van der Waals surface area contributed by atoms with Gasteiger partial charge in [0.2, 0.25) is 0 Å². The Morgan fingerprint density at radius 3 is 2.92 bits per heavy atom. The number of carbonyl (C=O) groups excluding carboxylic acids is 1. The molecule has 3 nitrogen and oxygen atoms in total. The molecule has 0 aliphatic carbocycles. The van der Waals surface area contributed by atoms with E-state index in [1.807, 2.05) is 6.92 Å². The molecule has 1 saturated heterocycles. The Hall–Kier alpha value is -0.570. The third-order valence-corrected chi connectivity index (χ3v) is 2.26. The lowest BCUT2D eigenvalue weighted by atomic mass is 9.81. The van der Waals surface area contributed by atoms with Crippen molar-refractivity contribution in [1.82, 2.24) is 0 Å². The Kier molecular flexibility index (Phi) is 2.73. The standard InChI is InChI=1S/C9H16O3/c1-7-4-9(2,5-11-3)6-12-8(7)10/h7H,4-6H2,1-3H3. The van der Waals surface area contributed by atoms with Gasteiger partial charge in [0.15, 0.2) is 0 Å².